The molecule has 0 amide bonds. The highest BCUT2D eigenvalue weighted by molar-refractivity contribution is 5.80. The van der Waals surface area contributed by atoms with E-state index in [1.54, 1.807) is 17.0 Å². The highest BCUT2D eigenvalue weighted by atomic mass is 16.5. The molecule has 1 aliphatic rings. The highest BCUT2D eigenvalue weighted by Gasteiger charge is 2.28. The number of pyridine rings is 1. The van der Waals surface area contributed by atoms with Crippen LogP contribution in [-0.4, -0.2) is 38.8 Å². The smallest absolute Gasteiger partial charge is 0.306 e. The SMILES string of the molecule is CCO/C=C\c1c(C2CCC(CC(=O)OCC)CC2)nc2c(-c3ccc(-c4ccccc4)nc3)cnn2c1N. The van der Waals surface area contributed by atoms with Crippen molar-refractivity contribution in [2.45, 2.75) is 51.9 Å². The van der Waals surface area contributed by atoms with Crippen molar-refractivity contribution in [1.82, 2.24) is 19.6 Å². The van der Waals surface area contributed by atoms with Crippen molar-refractivity contribution < 1.29 is 14.3 Å². The zero-order valence-electron chi connectivity index (χ0n) is 22.5. The molecule has 5 rings (SSSR count). The molecule has 8 nitrogen and oxygen atoms in total. The Labute approximate surface area is 228 Å². The predicted octanol–water partition coefficient (Wildman–Crippen LogP) is 6.27. The molecule has 0 atom stereocenters. The summed E-state index contributed by atoms with van der Waals surface area (Å²) in [6.07, 6.45) is 11.5. The Kier molecular flexibility index (Phi) is 8.20. The molecule has 202 valence electrons. The summed E-state index contributed by atoms with van der Waals surface area (Å²) in [4.78, 5) is 21.9. The Balaban J connectivity index is 1.47. The van der Waals surface area contributed by atoms with Crippen molar-refractivity contribution in [3.63, 3.8) is 0 Å². The fraction of sp³-hybridized carbons (Fsp3) is 0.355. The van der Waals surface area contributed by atoms with Crippen molar-refractivity contribution in [2.75, 3.05) is 18.9 Å². The number of carbonyl (C=O) groups is 1. The first-order valence-corrected chi connectivity index (χ1v) is 13.7. The Bertz CT molecular complexity index is 1440. The van der Waals surface area contributed by atoms with E-state index in [1.165, 1.54) is 0 Å². The number of anilines is 1. The van der Waals surface area contributed by atoms with Crippen LogP contribution in [0.25, 0.3) is 34.1 Å². The maximum absolute atomic E-state index is 12.0. The molecule has 1 aromatic carbocycles. The van der Waals surface area contributed by atoms with Gasteiger partial charge in [-0.1, -0.05) is 36.4 Å². The van der Waals surface area contributed by atoms with E-state index in [0.29, 0.717) is 37.0 Å². The van der Waals surface area contributed by atoms with Gasteiger partial charge in [-0.2, -0.15) is 9.61 Å². The summed E-state index contributed by atoms with van der Waals surface area (Å²) in [5.41, 5.74) is 13.0. The Morgan fingerprint density at radius 3 is 2.51 bits per heavy atom. The molecule has 0 aliphatic heterocycles. The van der Waals surface area contributed by atoms with Crippen molar-refractivity contribution in [1.29, 1.82) is 0 Å². The molecule has 2 N–H and O–H groups in total. The minimum atomic E-state index is -0.110. The van der Waals surface area contributed by atoms with E-state index in [2.05, 4.69) is 5.10 Å². The zero-order valence-corrected chi connectivity index (χ0v) is 22.5. The molecule has 1 fully saturated rings. The van der Waals surface area contributed by atoms with Gasteiger partial charge in [0, 0.05) is 40.8 Å². The molecule has 39 heavy (non-hydrogen) atoms. The molecule has 0 saturated heterocycles. The van der Waals surface area contributed by atoms with Gasteiger partial charge in [-0.25, -0.2) is 4.98 Å². The summed E-state index contributed by atoms with van der Waals surface area (Å²) in [5.74, 6) is 0.975. The first kappa shape index (κ1) is 26.4. The minimum Gasteiger partial charge on any atom is -0.501 e. The molecule has 0 spiro atoms. The third kappa shape index (κ3) is 5.79. The zero-order chi connectivity index (χ0) is 27.2. The number of nitrogens with zero attached hydrogens (tertiary/aromatic N) is 4. The number of esters is 1. The summed E-state index contributed by atoms with van der Waals surface area (Å²) < 4.78 is 12.4. The van der Waals surface area contributed by atoms with Gasteiger partial charge in [-0.05, 0) is 57.6 Å². The van der Waals surface area contributed by atoms with Crippen molar-refractivity contribution in [3.05, 3.63) is 72.4 Å². The normalized spacial score (nSPS) is 17.5. The fourth-order valence-corrected chi connectivity index (χ4v) is 5.37. The molecule has 1 saturated carbocycles. The van der Waals surface area contributed by atoms with E-state index in [-0.39, 0.29) is 11.9 Å². The largest absolute Gasteiger partial charge is 0.501 e. The summed E-state index contributed by atoms with van der Waals surface area (Å²) >= 11 is 0. The quantitative estimate of drug-likeness (QED) is 0.203. The molecule has 0 radical (unpaired) electrons. The number of nitrogens with two attached hydrogens (primary N) is 1. The second-order valence-electron chi connectivity index (χ2n) is 9.87. The van der Waals surface area contributed by atoms with Gasteiger partial charge in [0.05, 0.1) is 37.1 Å². The highest BCUT2D eigenvalue weighted by Crippen LogP contribution is 2.40. The summed E-state index contributed by atoms with van der Waals surface area (Å²) in [6, 6.07) is 14.2. The lowest BCUT2D eigenvalue weighted by Gasteiger charge is -2.29. The van der Waals surface area contributed by atoms with Gasteiger partial charge in [0.1, 0.15) is 5.82 Å². The van der Waals surface area contributed by atoms with Crippen molar-refractivity contribution >= 4 is 23.5 Å². The number of fused-ring (bicyclic) bond motifs is 1. The van der Waals surface area contributed by atoms with Gasteiger partial charge in [0.2, 0.25) is 0 Å². The topological polar surface area (TPSA) is 105 Å². The number of nitrogen functional groups attached to an aromatic ring is 1. The van der Waals surface area contributed by atoms with Gasteiger partial charge in [-0.15, -0.1) is 0 Å². The second-order valence-corrected chi connectivity index (χ2v) is 9.87. The van der Waals surface area contributed by atoms with Crippen LogP contribution in [-0.2, 0) is 14.3 Å². The molecule has 0 bridgehead atoms. The summed E-state index contributed by atoms with van der Waals surface area (Å²) in [7, 11) is 0. The third-order valence-corrected chi connectivity index (χ3v) is 7.39. The van der Waals surface area contributed by atoms with Crippen LogP contribution >= 0.6 is 0 Å². The molecule has 4 aromatic rings. The standard InChI is InChI=1S/C31H35N5O3/c1-3-38-17-16-25-29(23-12-10-21(11-13-23)18-28(37)39-4-2)35-31-26(20-34-36(31)30(25)32)24-14-15-27(33-19-24)22-8-6-5-7-9-22/h5-9,14-17,19-21,23H,3-4,10-13,18,32H2,1-2H3/b17-16-. The van der Waals surface area contributed by atoms with Gasteiger partial charge >= 0.3 is 5.97 Å². The minimum absolute atomic E-state index is 0.110. The molecule has 0 unspecified atom stereocenters. The van der Waals surface area contributed by atoms with E-state index >= 15 is 0 Å². The van der Waals surface area contributed by atoms with Crippen LogP contribution in [0.3, 0.4) is 0 Å². The maximum atomic E-state index is 12.0. The Hall–Kier alpha value is -4.20. The molecular formula is C31H35N5O3. The summed E-state index contributed by atoms with van der Waals surface area (Å²) in [5, 5.41) is 4.59. The maximum Gasteiger partial charge on any atom is 0.306 e. The van der Waals surface area contributed by atoms with Gasteiger partial charge < -0.3 is 15.2 Å². The number of rotatable bonds is 9. The molecule has 1 aliphatic carbocycles. The molecule has 3 heterocycles. The number of benzene rings is 1. The van der Waals surface area contributed by atoms with Crippen LogP contribution in [0.5, 0.6) is 0 Å². The number of carbonyl (C=O) groups excluding carboxylic acids is 1. The molecule has 8 heteroatoms. The van der Waals surface area contributed by atoms with Crippen LogP contribution in [0.4, 0.5) is 5.82 Å². The monoisotopic (exact) mass is 525 g/mol. The van der Waals surface area contributed by atoms with Gasteiger partial charge in [-0.3, -0.25) is 9.78 Å². The fourth-order valence-electron chi connectivity index (χ4n) is 5.37. The molecule has 3 aromatic heterocycles. The van der Waals surface area contributed by atoms with Gasteiger partial charge in [0.15, 0.2) is 5.65 Å². The van der Waals surface area contributed by atoms with Crippen LogP contribution < -0.4 is 5.73 Å². The average molecular weight is 526 g/mol. The Morgan fingerprint density at radius 2 is 1.82 bits per heavy atom. The third-order valence-electron chi connectivity index (χ3n) is 7.39. The number of aromatic nitrogens is 4. The van der Waals surface area contributed by atoms with E-state index < -0.39 is 0 Å². The first-order chi connectivity index (χ1) is 19.1. The number of ether oxygens (including phenoxy) is 2. The summed E-state index contributed by atoms with van der Waals surface area (Å²) in [6.45, 7) is 4.78. The Morgan fingerprint density at radius 1 is 1.03 bits per heavy atom. The van der Waals surface area contributed by atoms with E-state index in [4.69, 9.17) is 25.2 Å². The number of hydrogen-bond acceptors (Lipinski definition) is 7. The second kappa shape index (κ2) is 12.1. The van der Waals surface area contributed by atoms with Crippen molar-refractivity contribution in [3.8, 4) is 22.4 Å². The lowest BCUT2D eigenvalue weighted by molar-refractivity contribution is -0.144. The lowest BCUT2D eigenvalue weighted by atomic mass is 9.78. The molecular weight excluding hydrogens is 490 g/mol. The lowest BCUT2D eigenvalue weighted by Crippen LogP contribution is -2.20. The van der Waals surface area contributed by atoms with Crippen LogP contribution in [0.15, 0.2) is 61.1 Å². The van der Waals surface area contributed by atoms with E-state index in [9.17, 15) is 4.79 Å². The van der Waals surface area contributed by atoms with E-state index in [1.807, 2.05) is 68.6 Å². The average Bonchev–Trinajstić information content (AvgIpc) is 3.40. The van der Waals surface area contributed by atoms with E-state index in [0.717, 1.165) is 59.3 Å². The van der Waals surface area contributed by atoms with Gasteiger partial charge in [0.25, 0.3) is 0 Å². The van der Waals surface area contributed by atoms with Crippen molar-refractivity contribution in [2.24, 2.45) is 5.92 Å². The van der Waals surface area contributed by atoms with Crippen LogP contribution in [0.1, 0.15) is 63.1 Å². The first-order valence-electron chi connectivity index (χ1n) is 13.7. The predicted molar refractivity (Wildman–Crippen MR) is 153 cm³/mol. The van der Waals surface area contributed by atoms with Crippen LogP contribution in [0.2, 0.25) is 0 Å². The number of hydrogen-bond donors (Lipinski definition) is 1. The van der Waals surface area contributed by atoms with Crippen LogP contribution in [0, 0.1) is 5.92 Å².